The Hall–Kier alpha value is -2.01. The van der Waals surface area contributed by atoms with Crippen LogP contribution in [0.15, 0.2) is 6.33 Å². The van der Waals surface area contributed by atoms with Gasteiger partial charge in [-0.05, 0) is 6.92 Å². The van der Waals surface area contributed by atoms with Crippen LogP contribution in [0.5, 0.6) is 5.88 Å². The third-order valence-electron chi connectivity index (χ3n) is 3.67. The summed E-state index contributed by atoms with van der Waals surface area (Å²) >= 11 is 0. The van der Waals surface area contributed by atoms with E-state index >= 15 is 0 Å². The highest BCUT2D eigenvalue weighted by molar-refractivity contribution is 5.77. The summed E-state index contributed by atoms with van der Waals surface area (Å²) in [4.78, 5) is 12.4. The minimum absolute atomic E-state index is 0.00311. The van der Waals surface area contributed by atoms with Crippen molar-refractivity contribution in [3.63, 3.8) is 0 Å². The maximum absolute atomic E-state index is 9.86. The molecule has 3 rings (SSSR count). The smallest absolute Gasteiger partial charge is 0.247 e. The van der Waals surface area contributed by atoms with Gasteiger partial charge in [0.2, 0.25) is 11.8 Å². The summed E-state index contributed by atoms with van der Waals surface area (Å²) in [6.07, 6.45) is -0.630. The fourth-order valence-corrected chi connectivity index (χ4v) is 2.48. The summed E-state index contributed by atoms with van der Waals surface area (Å²) in [5.74, 6) is 0.168. The number of aliphatic hydroxyl groups excluding tert-OH is 3. The van der Waals surface area contributed by atoms with Crippen LogP contribution in [0.25, 0.3) is 11.2 Å². The van der Waals surface area contributed by atoms with Gasteiger partial charge in [-0.25, -0.2) is 4.98 Å². The molecule has 0 unspecified atom stereocenters. The van der Waals surface area contributed by atoms with E-state index < -0.39 is 24.5 Å². The Kier molecular flexibility index (Phi) is 4.31. The molecule has 0 aromatic carbocycles. The van der Waals surface area contributed by atoms with E-state index in [4.69, 9.17) is 20.3 Å². The fourth-order valence-electron chi connectivity index (χ4n) is 2.48. The molecule has 1 saturated heterocycles. The number of hydrogen-bond donors (Lipinski definition) is 4. The quantitative estimate of drug-likeness (QED) is 0.532. The van der Waals surface area contributed by atoms with Crippen molar-refractivity contribution in [2.75, 3.05) is 18.9 Å². The lowest BCUT2D eigenvalue weighted by Gasteiger charge is -2.14. The number of fused-ring (bicyclic) bond motifs is 1. The van der Waals surface area contributed by atoms with Crippen LogP contribution in [-0.2, 0) is 4.74 Å². The Labute approximate surface area is 131 Å². The van der Waals surface area contributed by atoms with Gasteiger partial charge < -0.3 is 30.5 Å². The molecule has 0 radical (unpaired) electrons. The molecule has 23 heavy (non-hydrogen) atoms. The van der Waals surface area contributed by atoms with Crippen LogP contribution in [0.4, 0.5) is 5.95 Å². The van der Waals surface area contributed by atoms with Gasteiger partial charge in [-0.3, -0.25) is 4.57 Å². The predicted molar refractivity (Wildman–Crippen MR) is 78.5 cm³/mol. The molecule has 0 spiro atoms. The summed E-state index contributed by atoms with van der Waals surface area (Å²) in [5, 5.41) is 28.1. The molecule has 10 nitrogen and oxygen atoms in total. The van der Waals surface area contributed by atoms with Crippen LogP contribution in [-0.4, -0.2) is 66.4 Å². The van der Waals surface area contributed by atoms with E-state index in [1.54, 1.807) is 11.5 Å². The van der Waals surface area contributed by atoms with E-state index in [1.165, 1.54) is 6.33 Å². The number of nitrogens with zero attached hydrogens (tertiary/aromatic N) is 4. The van der Waals surface area contributed by atoms with Crippen molar-refractivity contribution in [3.05, 3.63) is 6.33 Å². The standard InChI is InChI=1S/C13H19N5O5/c1-6(3-19)22-12-10-11(16-13(14)17-12)18(5-15-10)9-2-7(21)8(4-20)23-9/h5-9,19-21H,2-4H2,1H3,(H2,14,16,17)/t6-,7-,8+,9+/m0/s1. The molecule has 126 valence electrons. The van der Waals surface area contributed by atoms with Gasteiger partial charge >= 0.3 is 0 Å². The van der Waals surface area contributed by atoms with Crippen LogP contribution in [0.1, 0.15) is 19.6 Å². The van der Waals surface area contributed by atoms with Gasteiger partial charge in [-0.15, -0.1) is 0 Å². The van der Waals surface area contributed by atoms with E-state index in [-0.39, 0.29) is 25.0 Å². The Morgan fingerprint density at radius 3 is 2.91 bits per heavy atom. The maximum Gasteiger partial charge on any atom is 0.247 e. The topological polar surface area (TPSA) is 149 Å². The van der Waals surface area contributed by atoms with Gasteiger partial charge in [-0.1, -0.05) is 0 Å². The van der Waals surface area contributed by atoms with E-state index in [0.717, 1.165) is 0 Å². The highest BCUT2D eigenvalue weighted by atomic mass is 16.5. The molecule has 1 aliphatic rings. The first-order valence-electron chi connectivity index (χ1n) is 7.25. The third kappa shape index (κ3) is 2.93. The van der Waals surface area contributed by atoms with Crippen molar-refractivity contribution in [1.29, 1.82) is 0 Å². The number of rotatable bonds is 5. The molecule has 2 aromatic heterocycles. The average molecular weight is 325 g/mol. The molecule has 4 atom stereocenters. The van der Waals surface area contributed by atoms with Crippen molar-refractivity contribution in [3.8, 4) is 5.88 Å². The van der Waals surface area contributed by atoms with Crippen LogP contribution < -0.4 is 10.5 Å². The van der Waals surface area contributed by atoms with E-state index in [9.17, 15) is 10.2 Å². The normalized spacial score (nSPS) is 25.8. The zero-order valence-corrected chi connectivity index (χ0v) is 12.5. The number of ether oxygens (including phenoxy) is 2. The fraction of sp³-hybridized carbons (Fsp3) is 0.615. The van der Waals surface area contributed by atoms with E-state index in [0.29, 0.717) is 17.6 Å². The second-order valence-corrected chi connectivity index (χ2v) is 5.44. The van der Waals surface area contributed by atoms with Gasteiger partial charge in [0.15, 0.2) is 11.2 Å². The lowest BCUT2D eigenvalue weighted by molar-refractivity contribution is -0.0432. The molecule has 10 heteroatoms. The second-order valence-electron chi connectivity index (χ2n) is 5.44. The lowest BCUT2D eigenvalue weighted by atomic mass is 10.2. The molecule has 0 bridgehead atoms. The van der Waals surface area contributed by atoms with Gasteiger partial charge in [0, 0.05) is 6.42 Å². The minimum atomic E-state index is -0.772. The SMILES string of the molecule is C[C@@H](CO)Oc1nc(N)nc2c1ncn2[C@H]1C[C@H](O)[C@@H](CO)O1. The third-order valence-corrected chi connectivity index (χ3v) is 3.67. The van der Waals surface area contributed by atoms with Crippen molar-refractivity contribution < 1.29 is 24.8 Å². The summed E-state index contributed by atoms with van der Waals surface area (Å²) < 4.78 is 12.7. The first-order valence-corrected chi connectivity index (χ1v) is 7.25. The molecule has 3 heterocycles. The van der Waals surface area contributed by atoms with E-state index in [1.807, 2.05) is 0 Å². The largest absolute Gasteiger partial charge is 0.470 e. The second kappa shape index (κ2) is 6.24. The van der Waals surface area contributed by atoms with Crippen LogP contribution in [0.2, 0.25) is 0 Å². The van der Waals surface area contributed by atoms with Gasteiger partial charge in [-0.2, -0.15) is 9.97 Å². The maximum atomic E-state index is 9.86. The number of nitrogen functional groups attached to an aromatic ring is 1. The summed E-state index contributed by atoms with van der Waals surface area (Å²) in [6.45, 7) is 1.23. The summed E-state index contributed by atoms with van der Waals surface area (Å²) in [5.41, 5.74) is 6.49. The van der Waals surface area contributed by atoms with E-state index in [2.05, 4.69) is 15.0 Å². The highest BCUT2D eigenvalue weighted by Gasteiger charge is 2.35. The van der Waals surface area contributed by atoms with Crippen LogP contribution in [0, 0.1) is 0 Å². The zero-order chi connectivity index (χ0) is 16.6. The first-order chi connectivity index (χ1) is 11.0. The lowest BCUT2D eigenvalue weighted by Crippen LogP contribution is -2.24. The van der Waals surface area contributed by atoms with Crippen molar-refractivity contribution >= 4 is 17.1 Å². The number of nitrogens with two attached hydrogens (primary N) is 1. The number of aliphatic hydroxyl groups is 3. The zero-order valence-electron chi connectivity index (χ0n) is 12.5. The molecule has 0 amide bonds. The number of imidazole rings is 1. The molecule has 2 aromatic rings. The van der Waals surface area contributed by atoms with Crippen LogP contribution in [0.3, 0.4) is 0 Å². The molecular formula is C13H19N5O5. The number of hydrogen-bond acceptors (Lipinski definition) is 9. The monoisotopic (exact) mass is 325 g/mol. The highest BCUT2D eigenvalue weighted by Crippen LogP contribution is 2.32. The molecular weight excluding hydrogens is 306 g/mol. The molecule has 1 aliphatic heterocycles. The van der Waals surface area contributed by atoms with Crippen molar-refractivity contribution in [1.82, 2.24) is 19.5 Å². The average Bonchev–Trinajstić information content (AvgIpc) is 3.10. The molecule has 0 aliphatic carbocycles. The number of anilines is 1. The van der Waals surface area contributed by atoms with Crippen LogP contribution >= 0.6 is 0 Å². The minimum Gasteiger partial charge on any atom is -0.470 e. The Morgan fingerprint density at radius 2 is 2.26 bits per heavy atom. The van der Waals surface area contributed by atoms with Crippen molar-refractivity contribution in [2.24, 2.45) is 0 Å². The Morgan fingerprint density at radius 1 is 1.48 bits per heavy atom. The molecule has 1 fully saturated rings. The van der Waals surface area contributed by atoms with Crippen molar-refractivity contribution in [2.45, 2.75) is 37.9 Å². The first kappa shape index (κ1) is 15.9. The predicted octanol–water partition coefficient (Wildman–Crippen LogP) is -1.19. The van der Waals surface area contributed by atoms with Gasteiger partial charge in [0.25, 0.3) is 0 Å². The molecule has 0 saturated carbocycles. The Bertz CT molecular complexity index is 693. The Balaban J connectivity index is 1.97. The van der Waals surface area contributed by atoms with Gasteiger partial charge in [0.05, 0.1) is 25.6 Å². The summed E-state index contributed by atoms with van der Waals surface area (Å²) in [6, 6.07) is 0. The van der Waals surface area contributed by atoms with Gasteiger partial charge in [0.1, 0.15) is 18.4 Å². The summed E-state index contributed by atoms with van der Waals surface area (Å²) in [7, 11) is 0. The number of aromatic nitrogens is 4. The molecule has 5 N–H and O–H groups in total.